The van der Waals surface area contributed by atoms with Gasteiger partial charge in [-0.1, -0.05) is 6.07 Å². The Kier molecular flexibility index (Phi) is 3.23. The number of fused-ring (bicyclic) bond motifs is 1. The van der Waals surface area contributed by atoms with Crippen molar-refractivity contribution < 1.29 is 9.50 Å². The molecule has 0 aromatic heterocycles. The van der Waals surface area contributed by atoms with E-state index in [-0.39, 0.29) is 17.6 Å². The van der Waals surface area contributed by atoms with E-state index in [1.807, 2.05) is 0 Å². The van der Waals surface area contributed by atoms with Gasteiger partial charge < -0.3 is 10.4 Å². The SMILES string of the molecule is CC(c1ccc(O)cc1F)N1CC2CNCC2C1C. The average Bonchev–Trinajstić information content (AvgIpc) is 2.92. The van der Waals surface area contributed by atoms with Crippen LogP contribution in [-0.4, -0.2) is 35.7 Å². The quantitative estimate of drug-likeness (QED) is 0.859. The first-order chi connectivity index (χ1) is 9.08. The molecule has 0 amide bonds. The van der Waals surface area contributed by atoms with E-state index in [2.05, 4.69) is 24.1 Å². The van der Waals surface area contributed by atoms with Crippen LogP contribution in [0.1, 0.15) is 25.5 Å². The molecule has 0 spiro atoms. The van der Waals surface area contributed by atoms with Crippen molar-refractivity contribution >= 4 is 0 Å². The highest BCUT2D eigenvalue weighted by Gasteiger charge is 2.43. The minimum atomic E-state index is -0.310. The zero-order chi connectivity index (χ0) is 13.6. The number of halogens is 1. The van der Waals surface area contributed by atoms with E-state index in [0.717, 1.165) is 19.6 Å². The zero-order valence-corrected chi connectivity index (χ0v) is 11.4. The average molecular weight is 264 g/mol. The predicted molar refractivity (Wildman–Crippen MR) is 72.5 cm³/mol. The zero-order valence-electron chi connectivity index (χ0n) is 11.4. The Labute approximate surface area is 113 Å². The van der Waals surface area contributed by atoms with Gasteiger partial charge in [0.1, 0.15) is 11.6 Å². The summed E-state index contributed by atoms with van der Waals surface area (Å²) in [6.07, 6.45) is 0. The third-order valence-corrected chi connectivity index (χ3v) is 4.91. The molecule has 0 aliphatic carbocycles. The normalized spacial score (nSPS) is 32.5. The second-order valence-electron chi connectivity index (χ2n) is 5.90. The van der Waals surface area contributed by atoms with E-state index >= 15 is 0 Å². The number of nitrogens with zero attached hydrogens (tertiary/aromatic N) is 1. The first-order valence-electron chi connectivity index (χ1n) is 7.03. The Morgan fingerprint density at radius 3 is 2.89 bits per heavy atom. The van der Waals surface area contributed by atoms with Crippen LogP contribution in [0.4, 0.5) is 4.39 Å². The van der Waals surface area contributed by atoms with E-state index in [1.54, 1.807) is 12.1 Å². The summed E-state index contributed by atoms with van der Waals surface area (Å²) in [4.78, 5) is 2.39. The standard InChI is InChI=1S/C15H21FN2O/c1-9(13-4-3-12(19)5-15(13)16)18-8-11-6-17-7-14(11)10(18)2/h3-5,9-11,14,17,19H,6-8H2,1-2H3. The van der Waals surface area contributed by atoms with Gasteiger partial charge in [-0.3, -0.25) is 4.90 Å². The number of hydrogen-bond donors (Lipinski definition) is 2. The van der Waals surface area contributed by atoms with Crippen molar-refractivity contribution in [2.45, 2.75) is 25.9 Å². The van der Waals surface area contributed by atoms with Gasteiger partial charge in [-0.25, -0.2) is 4.39 Å². The monoisotopic (exact) mass is 264 g/mol. The van der Waals surface area contributed by atoms with Crippen LogP contribution in [0.15, 0.2) is 18.2 Å². The van der Waals surface area contributed by atoms with Crippen molar-refractivity contribution in [3.63, 3.8) is 0 Å². The maximum atomic E-state index is 14.0. The Bertz CT molecular complexity index is 479. The first-order valence-corrected chi connectivity index (χ1v) is 7.03. The van der Waals surface area contributed by atoms with E-state index in [0.29, 0.717) is 23.4 Å². The molecule has 2 aliphatic heterocycles. The van der Waals surface area contributed by atoms with Crippen molar-refractivity contribution in [1.29, 1.82) is 0 Å². The Balaban J connectivity index is 1.82. The van der Waals surface area contributed by atoms with Crippen molar-refractivity contribution in [3.05, 3.63) is 29.6 Å². The predicted octanol–water partition coefficient (Wildman–Crippen LogP) is 2.13. The lowest BCUT2D eigenvalue weighted by molar-refractivity contribution is 0.179. The third-order valence-electron chi connectivity index (χ3n) is 4.91. The molecule has 3 nitrogen and oxygen atoms in total. The van der Waals surface area contributed by atoms with Crippen LogP contribution in [-0.2, 0) is 0 Å². The molecule has 4 atom stereocenters. The number of likely N-dealkylation sites (tertiary alicyclic amines) is 1. The lowest BCUT2D eigenvalue weighted by atomic mass is 9.95. The van der Waals surface area contributed by atoms with Gasteiger partial charge in [-0.2, -0.15) is 0 Å². The topological polar surface area (TPSA) is 35.5 Å². The number of benzene rings is 1. The Hall–Kier alpha value is -1.13. The number of hydrogen-bond acceptors (Lipinski definition) is 3. The van der Waals surface area contributed by atoms with E-state index in [9.17, 15) is 9.50 Å². The molecule has 1 aromatic carbocycles. The summed E-state index contributed by atoms with van der Waals surface area (Å²) in [6, 6.07) is 5.01. The number of nitrogens with one attached hydrogen (secondary N) is 1. The van der Waals surface area contributed by atoms with Gasteiger partial charge in [0.25, 0.3) is 0 Å². The van der Waals surface area contributed by atoms with Crippen molar-refractivity contribution in [1.82, 2.24) is 10.2 Å². The molecule has 2 aliphatic rings. The maximum Gasteiger partial charge on any atom is 0.131 e. The minimum Gasteiger partial charge on any atom is -0.508 e. The number of phenols is 1. The first kappa shape index (κ1) is 12.9. The van der Waals surface area contributed by atoms with Crippen LogP contribution >= 0.6 is 0 Å². The molecule has 0 radical (unpaired) electrons. The van der Waals surface area contributed by atoms with Gasteiger partial charge in [0.15, 0.2) is 0 Å². The largest absolute Gasteiger partial charge is 0.508 e. The van der Waals surface area contributed by atoms with Gasteiger partial charge in [-0.05, 0) is 44.8 Å². The second kappa shape index (κ2) is 4.76. The maximum absolute atomic E-state index is 14.0. The summed E-state index contributed by atoms with van der Waals surface area (Å²) < 4.78 is 14.0. The van der Waals surface area contributed by atoms with Crippen LogP contribution < -0.4 is 5.32 Å². The lowest BCUT2D eigenvalue weighted by Crippen LogP contribution is -2.35. The van der Waals surface area contributed by atoms with Crippen LogP contribution in [0.25, 0.3) is 0 Å². The molecule has 0 saturated carbocycles. The molecular formula is C15H21FN2O. The van der Waals surface area contributed by atoms with Crippen LogP contribution in [0.2, 0.25) is 0 Å². The molecule has 2 N–H and O–H groups in total. The van der Waals surface area contributed by atoms with Gasteiger partial charge in [0.05, 0.1) is 0 Å². The molecule has 2 fully saturated rings. The Morgan fingerprint density at radius 1 is 1.42 bits per heavy atom. The van der Waals surface area contributed by atoms with E-state index < -0.39 is 0 Å². The Morgan fingerprint density at radius 2 is 2.21 bits per heavy atom. The number of aromatic hydroxyl groups is 1. The molecule has 0 bridgehead atoms. The fraction of sp³-hybridized carbons (Fsp3) is 0.600. The van der Waals surface area contributed by atoms with Crippen molar-refractivity contribution in [2.24, 2.45) is 11.8 Å². The van der Waals surface area contributed by atoms with Gasteiger partial charge >= 0.3 is 0 Å². The molecule has 2 heterocycles. The highest BCUT2D eigenvalue weighted by molar-refractivity contribution is 5.30. The summed E-state index contributed by atoms with van der Waals surface area (Å²) in [6.45, 7) is 7.48. The van der Waals surface area contributed by atoms with Crippen molar-refractivity contribution in [2.75, 3.05) is 19.6 Å². The van der Waals surface area contributed by atoms with Crippen LogP contribution in [0.5, 0.6) is 5.75 Å². The van der Waals surface area contributed by atoms with Crippen molar-refractivity contribution in [3.8, 4) is 5.75 Å². The smallest absolute Gasteiger partial charge is 0.131 e. The highest BCUT2D eigenvalue weighted by atomic mass is 19.1. The summed E-state index contributed by atoms with van der Waals surface area (Å²) in [7, 11) is 0. The minimum absolute atomic E-state index is 0.0102. The van der Waals surface area contributed by atoms with Crippen LogP contribution in [0, 0.1) is 17.7 Å². The second-order valence-corrected chi connectivity index (χ2v) is 5.90. The summed E-state index contributed by atoms with van der Waals surface area (Å²) in [5.74, 6) is 1.05. The third kappa shape index (κ3) is 2.13. The fourth-order valence-corrected chi connectivity index (χ4v) is 3.75. The fourth-order valence-electron chi connectivity index (χ4n) is 3.75. The molecule has 2 saturated heterocycles. The lowest BCUT2D eigenvalue weighted by Gasteiger charge is -2.31. The summed E-state index contributed by atoms with van der Waals surface area (Å²) in [5, 5.41) is 12.7. The molecule has 3 rings (SSSR count). The van der Waals surface area contributed by atoms with Crippen LogP contribution in [0.3, 0.4) is 0 Å². The number of rotatable bonds is 2. The van der Waals surface area contributed by atoms with Gasteiger partial charge in [0, 0.05) is 30.3 Å². The molecule has 4 unspecified atom stereocenters. The molecule has 4 heteroatoms. The highest BCUT2D eigenvalue weighted by Crippen LogP contribution is 2.38. The van der Waals surface area contributed by atoms with Gasteiger partial charge in [0.2, 0.25) is 0 Å². The molecule has 104 valence electrons. The summed E-state index contributed by atoms with van der Waals surface area (Å²) >= 11 is 0. The molecule has 1 aromatic rings. The van der Waals surface area contributed by atoms with E-state index in [4.69, 9.17) is 0 Å². The molecular weight excluding hydrogens is 243 g/mol. The molecule has 19 heavy (non-hydrogen) atoms. The number of phenolic OH excluding ortho intramolecular Hbond substituents is 1. The van der Waals surface area contributed by atoms with Gasteiger partial charge in [-0.15, -0.1) is 0 Å². The summed E-state index contributed by atoms with van der Waals surface area (Å²) in [5.41, 5.74) is 0.678. The van der Waals surface area contributed by atoms with E-state index in [1.165, 1.54) is 6.07 Å².